The Bertz CT molecular complexity index is 3790. The maximum Gasteiger partial charge on any atom is 0.495 e. The number of rotatable bonds is 13. The molecular weight excluding hydrogens is 924 g/mol. The number of hydrogen-bond donors (Lipinski definition) is 0. The number of allylic oxidation sites excluding steroid dienone is 1. The fourth-order valence-corrected chi connectivity index (χ4v) is 10.5. The van der Waals surface area contributed by atoms with Gasteiger partial charge < -0.3 is 27.4 Å². The van der Waals surface area contributed by atoms with Crippen LogP contribution in [0.5, 0.6) is 5.75 Å². The maximum atomic E-state index is 15.1. The summed E-state index contributed by atoms with van der Waals surface area (Å²) in [6.45, 7) is 20.7. The lowest BCUT2D eigenvalue weighted by atomic mass is 9.85. The van der Waals surface area contributed by atoms with Crippen molar-refractivity contribution in [2.24, 2.45) is 4.99 Å². The van der Waals surface area contributed by atoms with Crippen molar-refractivity contribution in [1.82, 2.24) is 9.05 Å². The van der Waals surface area contributed by atoms with Gasteiger partial charge in [-0.25, -0.2) is 14.2 Å². The van der Waals surface area contributed by atoms with Crippen LogP contribution in [0.3, 0.4) is 0 Å². The van der Waals surface area contributed by atoms with E-state index in [1.54, 1.807) is 84.0 Å². The normalized spacial score (nSPS) is 13.7. The number of carbonyl (C=O) groups excluding carboxylic acids is 3. The highest BCUT2D eigenvalue weighted by Gasteiger charge is 2.34. The quantitative estimate of drug-likeness (QED) is 0.0362. The second kappa shape index (κ2) is 19.3. The van der Waals surface area contributed by atoms with Crippen LogP contribution < -0.4 is 15.9 Å². The summed E-state index contributed by atoms with van der Waals surface area (Å²) in [7, 11) is 0.393. The lowest BCUT2D eigenvalue weighted by molar-refractivity contribution is -0.138. The Morgan fingerprint density at radius 1 is 0.726 bits per heavy atom. The Balaban J connectivity index is 0.959. The number of hydrogen-bond acceptors (Lipinski definition) is 10. The number of aromatic nitrogens is 2. The number of benzene rings is 5. The Hall–Kier alpha value is -7.87. The SMILES string of the molecule is CCOC(=O)C1=C(C)/C(=C(\c2c(C)cc(OC(=O)CCCc3ccc(-n4c(=O)c5ccc6oc7ccc(C(C)(C)C)cc7c7ccc(c4=O)c5c67)cc3)cc2C)c2c(C)c(C(=O)OCC)c(C)n2[B]F)N=C1C. The van der Waals surface area contributed by atoms with E-state index in [0.717, 1.165) is 32.9 Å². The summed E-state index contributed by atoms with van der Waals surface area (Å²) in [5, 5.41) is 4.02. The van der Waals surface area contributed by atoms with Crippen LogP contribution in [0.25, 0.3) is 54.7 Å². The highest BCUT2D eigenvalue weighted by molar-refractivity contribution is 6.28. The van der Waals surface area contributed by atoms with E-state index in [9.17, 15) is 24.0 Å². The molecule has 5 aromatic carbocycles. The fourth-order valence-electron chi connectivity index (χ4n) is 10.5. The Labute approximate surface area is 422 Å². The predicted octanol–water partition coefficient (Wildman–Crippen LogP) is 11.7. The first kappa shape index (κ1) is 50.1. The molecule has 0 bridgehead atoms. The van der Waals surface area contributed by atoms with Crippen LogP contribution in [0, 0.1) is 27.7 Å². The van der Waals surface area contributed by atoms with Crippen molar-refractivity contribution in [3.05, 3.63) is 167 Å². The summed E-state index contributed by atoms with van der Waals surface area (Å²) in [5.41, 5.74) is 8.32. The molecule has 3 aromatic heterocycles. The lowest BCUT2D eigenvalue weighted by Gasteiger charge is -2.20. The van der Waals surface area contributed by atoms with Crippen molar-refractivity contribution < 1.29 is 37.3 Å². The van der Waals surface area contributed by atoms with Crippen LogP contribution >= 0.6 is 0 Å². The monoisotopic (exact) mass is 980 g/mol. The molecule has 0 aliphatic carbocycles. The number of aliphatic imine (C=N–C) groups is 1. The molecule has 0 atom stereocenters. The highest BCUT2D eigenvalue weighted by Crippen LogP contribution is 2.43. The number of nitrogens with zero attached hydrogens (tertiary/aromatic N) is 3. The van der Waals surface area contributed by atoms with Crippen molar-refractivity contribution in [1.29, 1.82) is 0 Å². The van der Waals surface area contributed by atoms with E-state index >= 15 is 4.32 Å². The topological polar surface area (TPSA) is 148 Å². The molecule has 12 nitrogen and oxygen atoms in total. The summed E-state index contributed by atoms with van der Waals surface area (Å²) in [4.78, 5) is 73.2. The third-order valence-corrected chi connectivity index (χ3v) is 14.0. The van der Waals surface area contributed by atoms with Gasteiger partial charge in [0, 0.05) is 50.3 Å². The molecule has 0 saturated carbocycles. The first-order chi connectivity index (χ1) is 34.8. The standard InChI is InChI=1S/C59H56BFN3O9/c1-12-70-57(68)48-32(5)53(62-34(48)7)52(54-33(6)49(58(69)71-13-2)35(8)64(54)60-61)47-30(3)27-39(28-31(47)4)72-46(65)16-14-15-36-17-20-38(21-18-36)63-55(66)41-23-22-40-43-29-37(59(9,10)11)19-25-44(43)73-45-26-24-42(56(63)67)50(41)51(40)45/h17-29H,12-16H2,1-11H3/b53-52-. The van der Waals surface area contributed by atoms with Gasteiger partial charge in [-0.2, -0.15) is 0 Å². The van der Waals surface area contributed by atoms with Gasteiger partial charge >= 0.3 is 25.6 Å². The van der Waals surface area contributed by atoms with Crippen molar-refractivity contribution >= 4 is 80.4 Å². The number of carbonyl (C=O) groups is 3. The van der Waals surface area contributed by atoms with Gasteiger partial charge in [0.1, 0.15) is 16.9 Å². The van der Waals surface area contributed by atoms with Gasteiger partial charge in [0.05, 0.1) is 41.4 Å². The van der Waals surface area contributed by atoms with Crippen LogP contribution in [0.4, 0.5) is 4.32 Å². The number of esters is 3. The summed E-state index contributed by atoms with van der Waals surface area (Å²) in [5.74, 6) is -1.28. The maximum absolute atomic E-state index is 15.1. The molecule has 0 spiro atoms. The molecular formula is C59H56BFN3O9. The fraction of sp³-hybridized carbons (Fsp3) is 0.288. The van der Waals surface area contributed by atoms with Crippen molar-refractivity contribution in [2.45, 2.75) is 101 Å². The van der Waals surface area contributed by atoms with Gasteiger partial charge in [-0.1, -0.05) is 45.0 Å². The minimum atomic E-state index is -0.599. The van der Waals surface area contributed by atoms with Crippen LogP contribution in [-0.2, 0) is 30.9 Å². The summed E-state index contributed by atoms with van der Waals surface area (Å²) in [6.07, 6.45) is 1.08. The van der Waals surface area contributed by atoms with Gasteiger partial charge in [-0.3, -0.25) is 19.4 Å². The molecule has 9 rings (SSSR count). The van der Waals surface area contributed by atoms with Gasteiger partial charge in [0.15, 0.2) is 0 Å². The van der Waals surface area contributed by atoms with Crippen molar-refractivity contribution in [3.8, 4) is 11.4 Å². The molecule has 0 unspecified atom stereocenters. The van der Waals surface area contributed by atoms with E-state index < -0.39 is 29.0 Å². The summed E-state index contributed by atoms with van der Waals surface area (Å²) < 4.78 is 40.6. The zero-order valence-corrected chi connectivity index (χ0v) is 43.0. The van der Waals surface area contributed by atoms with E-state index in [0.29, 0.717) is 115 Å². The molecule has 0 amide bonds. The third kappa shape index (κ3) is 8.66. The number of pyridine rings is 1. The molecule has 14 heteroatoms. The number of fused-ring (bicyclic) bond motifs is 2. The van der Waals surface area contributed by atoms with Gasteiger partial charge in [-0.05, 0) is 173 Å². The number of ether oxygens (including phenoxy) is 3. The Kier molecular flexibility index (Phi) is 13.2. The third-order valence-electron chi connectivity index (χ3n) is 14.0. The van der Waals surface area contributed by atoms with Gasteiger partial charge in [0.25, 0.3) is 11.1 Å². The smallest absolute Gasteiger partial charge is 0.462 e. The average Bonchev–Trinajstić information content (AvgIpc) is 3.78. The van der Waals surface area contributed by atoms with E-state index in [-0.39, 0.29) is 30.6 Å². The largest absolute Gasteiger partial charge is 0.495 e. The molecule has 0 saturated heterocycles. The lowest BCUT2D eigenvalue weighted by Crippen LogP contribution is -2.31. The van der Waals surface area contributed by atoms with E-state index in [1.165, 1.54) is 9.05 Å². The molecule has 4 heterocycles. The van der Waals surface area contributed by atoms with Crippen molar-refractivity contribution in [2.75, 3.05) is 13.2 Å². The molecule has 73 heavy (non-hydrogen) atoms. The van der Waals surface area contributed by atoms with E-state index in [4.69, 9.17) is 23.6 Å². The van der Waals surface area contributed by atoms with Crippen LogP contribution in [-0.4, -0.2) is 53.6 Å². The van der Waals surface area contributed by atoms with E-state index in [1.807, 2.05) is 38.1 Å². The molecule has 371 valence electrons. The Morgan fingerprint density at radius 3 is 1.97 bits per heavy atom. The molecule has 1 aliphatic heterocycles. The van der Waals surface area contributed by atoms with Crippen LogP contribution in [0.2, 0.25) is 0 Å². The molecule has 1 radical (unpaired) electrons. The first-order valence-corrected chi connectivity index (χ1v) is 24.5. The highest BCUT2D eigenvalue weighted by atomic mass is 19.1. The van der Waals surface area contributed by atoms with Crippen LogP contribution in [0.15, 0.2) is 115 Å². The molecule has 0 N–H and O–H groups in total. The van der Waals surface area contributed by atoms with Gasteiger partial charge in [-0.15, -0.1) is 0 Å². The first-order valence-electron chi connectivity index (χ1n) is 24.5. The predicted molar refractivity (Wildman–Crippen MR) is 286 cm³/mol. The molecule has 1 aliphatic rings. The Morgan fingerprint density at radius 2 is 1.34 bits per heavy atom. The summed E-state index contributed by atoms with van der Waals surface area (Å²) in [6, 6.07) is 24.1. The molecule has 0 fully saturated rings. The molecule has 8 aromatic rings. The number of halogens is 1. The average molecular weight is 981 g/mol. The minimum absolute atomic E-state index is 0.0897. The zero-order chi connectivity index (χ0) is 52.4. The zero-order valence-electron chi connectivity index (χ0n) is 43.0. The van der Waals surface area contributed by atoms with E-state index in [2.05, 4.69) is 32.9 Å². The van der Waals surface area contributed by atoms with Crippen LogP contribution in [0.1, 0.15) is 116 Å². The number of aryl methyl sites for hydroxylation is 3. The second-order valence-corrected chi connectivity index (χ2v) is 19.7. The minimum Gasteiger partial charge on any atom is -0.462 e. The summed E-state index contributed by atoms with van der Waals surface area (Å²) >= 11 is 0. The second-order valence-electron chi connectivity index (χ2n) is 19.7. The van der Waals surface area contributed by atoms with Gasteiger partial charge in [0.2, 0.25) is 0 Å². The van der Waals surface area contributed by atoms with Crippen molar-refractivity contribution in [3.63, 3.8) is 0 Å².